The van der Waals surface area contributed by atoms with Crippen molar-refractivity contribution in [2.24, 2.45) is 0 Å². The van der Waals surface area contributed by atoms with Crippen LogP contribution < -0.4 is 0 Å². The van der Waals surface area contributed by atoms with E-state index in [2.05, 4.69) is 142 Å². The first kappa shape index (κ1) is 27.2. The van der Waals surface area contributed by atoms with Gasteiger partial charge in [0, 0.05) is 0 Å². The number of benzene rings is 4. The van der Waals surface area contributed by atoms with Crippen LogP contribution >= 0.6 is 7.92 Å². The zero-order valence-corrected chi connectivity index (χ0v) is 27.5. The molecule has 2 heteroatoms. The van der Waals surface area contributed by atoms with Gasteiger partial charge >= 0.3 is 159 Å². The molecule has 0 aromatic heterocycles. The molecule has 6 rings (SSSR count). The van der Waals surface area contributed by atoms with Crippen LogP contribution in [0.1, 0.15) is 51.9 Å². The van der Waals surface area contributed by atoms with Crippen molar-refractivity contribution in [1.82, 2.24) is 0 Å². The number of hydrogen-bond donors (Lipinski definition) is 0. The van der Waals surface area contributed by atoms with Gasteiger partial charge in [-0.2, -0.15) is 0 Å². The maximum atomic E-state index is 2.53. The van der Waals surface area contributed by atoms with E-state index in [9.17, 15) is 0 Å². The summed E-state index contributed by atoms with van der Waals surface area (Å²) in [5, 5.41) is 1.75. The zero-order valence-electron chi connectivity index (χ0n) is 23.0. The predicted molar refractivity (Wildman–Crippen MR) is 164 cm³/mol. The molecule has 2 unspecified atom stereocenters. The van der Waals surface area contributed by atoms with E-state index in [1.807, 2.05) is 0 Å². The molecule has 0 spiro atoms. The number of hydrogen-bond acceptors (Lipinski definition) is 0. The molecular weight excluding hydrogens is 642 g/mol. The molecule has 190 valence electrons. The maximum absolute atomic E-state index is 2.53. The van der Waals surface area contributed by atoms with E-state index in [0.29, 0.717) is 0 Å². The second-order valence-corrected chi connectivity index (χ2v) is 18.3. The fourth-order valence-electron chi connectivity index (χ4n) is 5.54. The van der Waals surface area contributed by atoms with Gasteiger partial charge in [-0.25, -0.2) is 0 Å². The Morgan fingerprint density at radius 1 is 0.684 bits per heavy atom. The largest absolute Gasteiger partial charge is 0.0622 e. The Balaban J connectivity index is 0.000000179. The first-order chi connectivity index (χ1) is 18.5. The Labute approximate surface area is 242 Å². The summed E-state index contributed by atoms with van der Waals surface area (Å²) < 4.78 is 1.53. The second-order valence-electron chi connectivity index (χ2n) is 10.5. The fraction of sp³-hybridized carbons (Fsp3) is 0.222. The number of aryl methyl sites for hydroxylation is 4. The van der Waals surface area contributed by atoms with E-state index in [0.717, 1.165) is 20.2 Å². The predicted octanol–water partition coefficient (Wildman–Crippen LogP) is 9.76. The summed E-state index contributed by atoms with van der Waals surface area (Å²) in [6.45, 7) is 9.41. The molecule has 4 aromatic carbocycles. The molecule has 0 bridgehead atoms. The minimum Gasteiger partial charge on any atom is -0.0622 e. The summed E-state index contributed by atoms with van der Waals surface area (Å²) in [5.74, 6) is 0. The van der Waals surface area contributed by atoms with E-state index >= 15 is 0 Å². The minimum absolute atomic E-state index is 0.00301. The van der Waals surface area contributed by atoms with Gasteiger partial charge in [0.25, 0.3) is 0 Å². The van der Waals surface area contributed by atoms with Crippen molar-refractivity contribution in [1.29, 1.82) is 0 Å². The molecule has 0 radical (unpaired) electrons. The molecule has 38 heavy (non-hydrogen) atoms. The van der Waals surface area contributed by atoms with Gasteiger partial charge < -0.3 is 0 Å². The van der Waals surface area contributed by atoms with Crippen LogP contribution in [0.2, 0.25) is 0 Å². The summed E-state index contributed by atoms with van der Waals surface area (Å²) >= 11 is -0.930. The van der Waals surface area contributed by atoms with E-state index in [4.69, 9.17) is 0 Å². The molecule has 0 fully saturated rings. The molecule has 0 aliphatic heterocycles. The van der Waals surface area contributed by atoms with E-state index in [1.165, 1.54) is 33.4 Å². The SMILES string of the molecule is Cc1ccc(C)c2c1C=C[CH]2[Hf][CH]1C(P(C)C)=Cc2ccccc21.c1ccc(CCc2ccccc2)cc1. The molecule has 0 amide bonds. The van der Waals surface area contributed by atoms with Crippen LogP contribution in [-0.4, -0.2) is 13.3 Å². The Morgan fingerprint density at radius 2 is 1.26 bits per heavy atom. The van der Waals surface area contributed by atoms with E-state index in [-0.39, 0.29) is 7.92 Å². The topological polar surface area (TPSA) is 0 Å². The van der Waals surface area contributed by atoms with Crippen LogP contribution in [-0.2, 0) is 35.7 Å². The van der Waals surface area contributed by atoms with Gasteiger partial charge in [-0.15, -0.1) is 0 Å². The van der Waals surface area contributed by atoms with Crippen molar-refractivity contribution in [3.8, 4) is 0 Å². The minimum atomic E-state index is -0.930. The van der Waals surface area contributed by atoms with Crippen molar-refractivity contribution < 1.29 is 22.9 Å². The van der Waals surface area contributed by atoms with Crippen molar-refractivity contribution in [3.05, 3.63) is 153 Å². The average molecular weight is 679 g/mol. The summed E-state index contributed by atoms with van der Waals surface area (Å²) in [4.78, 5) is 0. The van der Waals surface area contributed by atoms with Crippen LogP contribution in [0.3, 0.4) is 0 Å². The van der Waals surface area contributed by atoms with Gasteiger partial charge in [0.15, 0.2) is 0 Å². The van der Waals surface area contributed by atoms with Crippen LogP contribution in [0.25, 0.3) is 12.2 Å². The average Bonchev–Trinajstić information content (AvgIpc) is 3.54. The molecule has 0 saturated heterocycles. The third kappa shape index (κ3) is 6.27. The Hall–Kier alpha value is -2.34. The smallest absolute Gasteiger partial charge is 0.0238 e. The zero-order chi connectivity index (χ0) is 26.5. The first-order valence-electron chi connectivity index (χ1n) is 13.6. The van der Waals surface area contributed by atoms with Crippen molar-refractivity contribution >= 4 is 20.1 Å². The summed E-state index contributed by atoms with van der Waals surface area (Å²) in [5.41, 5.74) is 12.0. The second kappa shape index (κ2) is 12.7. The summed E-state index contributed by atoms with van der Waals surface area (Å²) in [7, 11) is -0.00301. The van der Waals surface area contributed by atoms with Crippen LogP contribution in [0.5, 0.6) is 0 Å². The van der Waals surface area contributed by atoms with Gasteiger partial charge in [-0.1, -0.05) is 60.7 Å². The van der Waals surface area contributed by atoms with Crippen LogP contribution in [0.4, 0.5) is 0 Å². The molecule has 2 aliphatic carbocycles. The molecule has 0 nitrogen and oxygen atoms in total. The molecule has 0 N–H and O–H groups in total. The Bertz CT molecular complexity index is 1390. The molecule has 4 aromatic rings. The van der Waals surface area contributed by atoms with Gasteiger partial charge in [0.1, 0.15) is 0 Å². The molecule has 2 atom stereocenters. The van der Waals surface area contributed by atoms with Gasteiger partial charge in [-0.05, 0) is 24.0 Å². The normalized spacial score (nSPS) is 16.9. The van der Waals surface area contributed by atoms with Crippen molar-refractivity contribution in [2.75, 3.05) is 13.3 Å². The maximum Gasteiger partial charge on any atom is -0.0238 e. The molecule has 0 heterocycles. The number of allylic oxidation sites excluding steroid dienone is 2. The van der Waals surface area contributed by atoms with E-state index in [1.54, 1.807) is 16.4 Å². The standard InChI is InChI=1S/C14H14.C11H12P.C11H11.Hf/c1-3-7-13(8-4-1)11-12-14-9-5-2-6-10-14;1-12(2)11-7-9-5-3-4-6-10(9)8-11;1-8-6-7-9(2)11-5-3-4-10(8)11;/h1-10H,11-12H2;3-8H,1-2H3;3-7H,1-2H3;. The van der Waals surface area contributed by atoms with Crippen molar-refractivity contribution in [2.45, 2.75) is 34.0 Å². The van der Waals surface area contributed by atoms with Gasteiger partial charge in [0.2, 0.25) is 0 Å². The fourth-order valence-corrected chi connectivity index (χ4v) is 16.5. The quantitative estimate of drug-likeness (QED) is 0.141. The van der Waals surface area contributed by atoms with Gasteiger partial charge in [0.05, 0.1) is 0 Å². The first-order valence-corrected chi connectivity index (χ1v) is 20.0. The Morgan fingerprint density at radius 3 is 1.89 bits per heavy atom. The molecule has 0 saturated carbocycles. The third-order valence-corrected chi connectivity index (χ3v) is 16.4. The monoisotopic (exact) mass is 680 g/mol. The number of fused-ring (bicyclic) bond motifs is 2. The number of rotatable bonds is 6. The molecule has 2 aliphatic rings. The summed E-state index contributed by atoms with van der Waals surface area (Å²) in [6.07, 6.45) is 9.71. The Kier molecular flexibility index (Phi) is 9.08. The third-order valence-electron chi connectivity index (χ3n) is 7.65. The van der Waals surface area contributed by atoms with Crippen LogP contribution in [0, 0.1) is 13.8 Å². The van der Waals surface area contributed by atoms with Crippen molar-refractivity contribution in [3.63, 3.8) is 0 Å². The van der Waals surface area contributed by atoms with Crippen LogP contribution in [0.15, 0.2) is 108 Å². The van der Waals surface area contributed by atoms with Gasteiger partial charge in [-0.3, -0.25) is 0 Å². The molecular formula is C36H37HfP. The summed E-state index contributed by atoms with van der Waals surface area (Å²) in [6, 6.07) is 35.0. The van der Waals surface area contributed by atoms with E-state index < -0.39 is 22.9 Å².